The molecular formula is C14H29NO2S. The highest BCUT2D eigenvalue weighted by atomic mass is 32.2. The maximum absolute atomic E-state index is 12.2. The average molecular weight is 275 g/mol. The lowest BCUT2D eigenvalue weighted by atomic mass is 10.1. The lowest BCUT2D eigenvalue weighted by Gasteiger charge is -2.26. The van der Waals surface area contributed by atoms with E-state index in [1.54, 1.807) is 11.8 Å². The number of hydrogen-bond donors (Lipinski definition) is 1. The Kier molecular flexibility index (Phi) is 9.56. The molecule has 1 amide bonds. The molecule has 0 saturated carbocycles. The number of hydrogen-bond acceptors (Lipinski definition) is 3. The number of amides is 1. The van der Waals surface area contributed by atoms with Crippen LogP contribution in [0.3, 0.4) is 0 Å². The molecule has 0 aromatic rings. The molecule has 1 atom stereocenters. The Labute approximate surface area is 116 Å². The van der Waals surface area contributed by atoms with Gasteiger partial charge in [-0.25, -0.2) is 0 Å². The van der Waals surface area contributed by atoms with E-state index in [1.165, 1.54) is 0 Å². The Hall–Kier alpha value is -0.220. The van der Waals surface area contributed by atoms with E-state index in [-0.39, 0.29) is 12.5 Å². The Bertz CT molecular complexity index is 222. The third-order valence-corrected chi connectivity index (χ3v) is 3.77. The van der Waals surface area contributed by atoms with Gasteiger partial charge in [0.25, 0.3) is 0 Å². The second-order valence-corrected chi connectivity index (χ2v) is 7.15. The van der Waals surface area contributed by atoms with E-state index in [0.29, 0.717) is 22.8 Å². The standard InChI is InChI=1S/C14H29NO2S/c1-11(2)8-15(9-12(3)4)14(17)10-18-13(5)6-7-16/h11-13,16H,6-10H2,1-5H3. The van der Waals surface area contributed by atoms with Crippen molar-refractivity contribution in [2.75, 3.05) is 25.4 Å². The highest BCUT2D eigenvalue weighted by molar-refractivity contribution is 8.00. The summed E-state index contributed by atoms with van der Waals surface area (Å²) in [6.45, 7) is 12.5. The largest absolute Gasteiger partial charge is 0.396 e. The normalized spacial score (nSPS) is 13.1. The molecule has 1 unspecified atom stereocenters. The Morgan fingerprint density at radius 2 is 1.61 bits per heavy atom. The van der Waals surface area contributed by atoms with Crippen LogP contribution in [0, 0.1) is 11.8 Å². The third kappa shape index (κ3) is 8.81. The second kappa shape index (κ2) is 9.68. The van der Waals surface area contributed by atoms with Gasteiger partial charge in [-0.2, -0.15) is 0 Å². The number of carbonyl (C=O) groups excluding carboxylic acids is 1. The van der Waals surface area contributed by atoms with Crippen molar-refractivity contribution in [3.05, 3.63) is 0 Å². The second-order valence-electron chi connectivity index (χ2n) is 5.72. The van der Waals surface area contributed by atoms with E-state index in [1.807, 2.05) is 4.90 Å². The summed E-state index contributed by atoms with van der Waals surface area (Å²) in [5.41, 5.74) is 0. The highest BCUT2D eigenvalue weighted by Crippen LogP contribution is 2.15. The molecule has 0 heterocycles. The lowest BCUT2D eigenvalue weighted by Crippen LogP contribution is -2.38. The molecule has 0 aromatic heterocycles. The Balaban J connectivity index is 4.19. The topological polar surface area (TPSA) is 40.5 Å². The van der Waals surface area contributed by atoms with Gasteiger partial charge in [0, 0.05) is 24.9 Å². The average Bonchev–Trinajstić information content (AvgIpc) is 2.24. The van der Waals surface area contributed by atoms with Gasteiger partial charge in [-0.1, -0.05) is 34.6 Å². The molecule has 0 aromatic carbocycles. The van der Waals surface area contributed by atoms with Crippen molar-refractivity contribution in [1.82, 2.24) is 4.90 Å². The van der Waals surface area contributed by atoms with Gasteiger partial charge in [-0.3, -0.25) is 4.79 Å². The van der Waals surface area contributed by atoms with Gasteiger partial charge in [-0.15, -0.1) is 11.8 Å². The molecule has 0 aliphatic rings. The van der Waals surface area contributed by atoms with Crippen LogP contribution >= 0.6 is 11.8 Å². The van der Waals surface area contributed by atoms with Gasteiger partial charge in [0.15, 0.2) is 0 Å². The van der Waals surface area contributed by atoms with Crippen LogP contribution in [0.5, 0.6) is 0 Å². The van der Waals surface area contributed by atoms with Crippen LogP contribution in [0.15, 0.2) is 0 Å². The van der Waals surface area contributed by atoms with Crippen LogP contribution in [-0.2, 0) is 4.79 Å². The molecule has 3 nitrogen and oxygen atoms in total. The first-order valence-corrected chi connectivity index (χ1v) is 7.91. The van der Waals surface area contributed by atoms with Gasteiger partial charge in [0.2, 0.25) is 5.91 Å². The molecule has 18 heavy (non-hydrogen) atoms. The van der Waals surface area contributed by atoms with Crippen molar-refractivity contribution >= 4 is 17.7 Å². The maximum Gasteiger partial charge on any atom is 0.232 e. The van der Waals surface area contributed by atoms with E-state index < -0.39 is 0 Å². The summed E-state index contributed by atoms with van der Waals surface area (Å²) in [5.74, 6) is 1.77. The maximum atomic E-state index is 12.2. The quantitative estimate of drug-likeness (QED) is 0.703. The predicted octanol–water partition coefficient (Wildman–Crippen LogP) is 2.63. The summed E-state index contributed by atoms with van der Waals surface area (Å²) >= 11 is 1.64. The van der Waals surface area contributed by atoms with Gasteiger partial charge in [0.1, 0.15) is 0 Å². The van der Waals surface area contributed by atoms with E-state index in [0.717, 1.165) is 19.5 Å². The number of thioether (sulfide) groups is 1. The molecule has 0 aliphatic heterocycles. The fourth-order valence-corrected chi connectivity index (χ4v) is 2.61. The van der Waals surface area contributed by atoms with Gasteiger partial charge >= 0.3 is 0 Å². The first kappa shape index (κ1) is 17.8. The van der Waals surface area contributed by atoms with Crippen LogP contribution in [0.4, 0.5) is 0 Å². The molecule has 4 heteroatoms. The Morgan fingerprint density at radius 3 is 2.00 bits per heavy atom. The van der Waals surface area contributed by atoms with Crippen molar-refractivity contribution < 1.29 is 9.90 Å². The molecule has 0 fully saturated rings. The number of nitrogens with zero attached hydrogens (tertiary/aromatic N) is 1. The number of rotatable bonds is 9. The molecule has 108 valence electrons. The van der Waals surface area contributed by atoms with E-state index >= 15 is 0 Å². The minimum absolute atomic E-state index is 0.198. The predicted molar refractivity (Wildman–Crippen MR) is 79.9 cm³/mol. The molecular weight excluding hydrogens is 246 g/mol. The molecule has 0 spiro atoms. The van der Waals surface area contributed by atoms with Crippen molar-refractivity contribution in [1.29, 1.82) is 0 Å². The fourth-order valence-electron chi connectivity index (χ4n) is 1.73. The van der Waals surface area contributed by atoms with Crippen LogP contribution in [-0.4, -0.2) is 46.6 Å². The minimum Gasteiger partial charge on any atom is -0.396 e. The summed E-state index contributed by atoms with van der Waals surface area (Å²) in [7, 11) is 0. The summed E-state index contributed by atoms with van der Waals surface area (Å²) in [4.78, 5) is 14.1. The van der Waals surface area contributed by atoms with Gasteiger partial charge < -0.3 is 10.0 Å². The first-order chi connectivity index (χ1) is 8.36. The van der Waals surface area contributed by atoms with Crippen molar-refractivity contribution in [3.8, 4) is 0 Å². The number of aliphatic hydroxyl groups is 1. The van der Waals surface area contributed by atoms with Crippen molar-refractivity contribution in [2.24, 2.45) is 11.8 Å². The van der Waals surface area contributed by atoms with E-state index in [9.17, 15) is 4.79 Å². The molecule has 0 aliphatic carbocycles. The Morgan fingerprint density at radius 1 is 1.11 bits per heavy atom. The molecule has 0 rings (SSSR count). The van der Waals surface area contributed by atoms with Crippen LogP contribution in [0.1, 0.15) is 41.0 Å². The van der Waals surface area contributed by atoms with E-state index in [4.69, 9.17) is 5.11 Å². The zero-order chi connectivity index (χ0) is 14.1. The number of aliphatic hydroxyl groups excluding tert-OH is 1. The summed E-state index contributed by atoms with van der Waals surface area (Å²) in [6.07, 6.45) is 0.756. The van der Waals surface area contributed by atoms with Crippen LogP contribution < -0.4 is 0 Å². The van der Waals surface area contributed by atoms with Crippen molar-refractivity contribution in [3.63, 3.8) is 0 Å². The van der Waals surface area contributed by atoms with Gasteiger partial charge in [-0.05, 0) is 18.3 Å². The molecule has 0 saturated heterocycles. The third-order valence-electron chi connectivity index (χ3n) is 2.55. The lowest BCUT2D eigenvalue weighted by molar-refractivity contribution is -0.129. The SMILES string of the molecule is CC(C)CN(CC(C)C)C(=O)CSC(C)CCO. The van der Waals surface area contributed by atoms with Gasteiger partial charge in [0.05, 0.1) is 5.75 Å². The first-order valence-electron chi connectivity index (χ1n) is 6.87. The van der Waals surface area contributed by atoms with E-state index in [2.05, 4.69) is 34.6 Å². The van der Waals surface area contributed by atoms with Crippen LogP contribution in [0.2, 0.25) is 0 Å². The van der Waals surface area contributed by atoms with Crippen LogP contribution in [0.25, 0.3) is 0 Å². The zero-order valence-corrected chi connectivity index (χ0v) is 13.3. The zero-order valence-electron chi connectivity index (χ0n) is 12.5. The highest BCUT2D eigenvalue weighted by Gasteiger charge is 2.17. The molecule has 0 bridgehead atoms. The monoisotopic (exact) mass is 275 g/mol. The smallest absolute Gasteiger partial charge is 0.232 e. The summed E-state index contributed by atoms with van der Waals surface area (Å²) in [5, 5.41) is 9.19. The summed E-state index contributed by atoms with van der Waals surface area (Å²) in [6, 6.07) is 0. The molecule has 0 radical (unpaired) electrons. The minimum atomic E-state index is 0.198. The summed E-state index contributed by atoms with van der Waals surface area (Å²) < 4.78 is 0. The fraction of sp³-hybridized carbons (Fsp3) is 0.929. The van der Waals surface area contributed by atoms with Crippen molar-refractivity contribution in [2.45, 2.75) is 46.3 Å². The molecule has 1 N–H and O–H groups in total. The number of carbonyl (C=O) groups is 1.